The number of aryl methyl sites for hydroxylation is 1. The van der Waals surface area contributed by atoms with E-state index in [2.05, 4.69) is 466 Å². The highest BCUT2D eigenvalue weighted by molar-refractivity contribution is 6.13. The predicted molar refractivity (Wildman–Crippen MR) is 523 cm³/mol. The largest absolute Gasteiger partial charge is 0.310 e. The molecule has 18 aromatic carbocycles. The molecule has 3 aliphatic carbocycles. The second-order valence-corrected chi connectivity index (χ2v) is 35.3. The van der Waals surface area contributed by atoms with Crippen LogP contribution in [0.5, 0.6) is 0 Å². The van der Waals surface area contributed by atoms with Crippen molar-refractivity contribution in [3.63, 3.8) is 0 Å². The standard InChI is InChI=1S/C41H33N.C39H29FN2.C39H30N2/c1-27-17-19-28(20-18-27)40(30-21-23-33-32-13-7-9-15-36(32)41(2,3)37(33)26-30)29-22-24-39-35(25-29)34-14-8-10-16-38(34)42(39)31-11-5-4-6-12-31;1-39(2)35-14-8-6-12-31(35)32-22-20-30(25-36(32)39)41(28-18-16-26(40)17-19-28)29-21-23-38-34(24-29)33-13-7-9-15-37(33)42(38)27-10-4-3-5-11-27;1-39(2)35-19-11-9-17-31(35)32-23-21-30(26-36(32)39)40(27-13-5-3-6-14-27)29-22-24-38-34(25-29)33-18-10-12-20-37(33)41(38)28-15-7-4-8-16-28/h4-26,40H,1-3H3;3-25H,1-2H3;3-26H,1-2H3. The van der Waals surface area contributed by atoms with Crippen LogP contribution in [0.4, 0.5) is 38.5 Å². The quantitative estimate of drug-likeness (QED) is 0.114. The summed E-state index contributed by atoms with van der Waals surface area (Å²) in [6.07, 6.45) is 0. The zero-order valence-corrected chi connectivity index (χ0v) is 71.1. The lowest BCUT2D eigenvalue weighted by Gasteiger charge is -2.28. The molecule has 5 nitrogen and oxygen atoms in total. The minimum Gasteiger partial charge on any atom is -0.310 e. The molecule has 0 spiro atoms. The summed E-state index contributed by atoms with van der Waals surface area (Å²) in [6, 6.07) is 153. The molecule has 24 rings (SSSR count). The molecular weight excluding hydrogens is 1520 g/mol. The van der Waals surface area contributed by atoms with Crippen LogP contribution >= 0.6 is 0 Å². The van der Waals surface area contributed by atoms with Crippen LogP contribution in [-0.4, -0.2) is 13.7 Å². The molecule has 125 heavy (non-hydrogen) atoms. The lowest BCUT2D eigenvalue weighted by molar-refractivity contribution is 0.628. The van der Waals surface area contributed by atoms with E-state index in [0.29, 0.717) is 0 Å². The Hall–Kier alpha value is -15.1. The zero-order chi connectivity index (χ0) is 84.4. The van der Waals surface area contributed by atoms with Gasteiger partial charge in [-0.2, -0.15) is 0 Å². The molecule has 3 heterocycles. The average Bonchev–Trinajstić information content (AvgIpc) is 1.58. The van der Waals surface area contributed by atoms with Crippen LogP contribution < -0.4 is 9.80 Å². The normalized spacial score (nSPS) is 13.6. The Morgan fingerprint density at radius 3 is 0.920 bits per heavy atom. The van der Waals surface area contributed by atoms with Crippen molar-refractivity contribution in [2.45, 2.75) is 70.6 Å². The third-order valence-corrected chi connectivity index (χ3v) is 27.0. The maximum atomic E-state index is 14.1. The van der Waals surface area contributed by atoms with E-state index in [9.17, 15) is 4.39 Å². The number of benzene rings is 18. The van der Waals surface area contributed by atoms with Crippen LogP contribution in [0.3, 0.4) is 0 Å². The number of nitrogens with zero attached hydrogens (tertiary/aromatic N) is 5. The van der Waals surface area contributed by atoms with Gasteiger partial charge in [-0.25, -0.2) is 4.39 Å². The first-order valence-electron chi connectivity index (χ1n) is 43.6. The maximum absolute atomic E-state index is 14.1. The molecule has 0 saturated carbocycles. The van der Waals surface area contributed by atoms with Gasteiger partial charge in [0.15, 0.2) is 0 Å². The minimum absolute atomic E-state index is 0.0349. The Kier molecular flexibility index (Phi) is 18.4. The predicted octanol–water partition coefficient (Wildman–Crippen LogP) is 31.8. The van der Waals surface area contributed by atoms with Crippen LogP contribution in [0, 0.1) is 12.7 Å². The highest BCUT2D eigenvalue weighted by atomic mass is 19.1. The van der Waals surface area contributed by atoms with E-state index in [4.69, 9.17) is 0 Å². The number of halogens is 1. The number of rotatable bonds is 12. The summed E-state index contributed by atoms with van der Waals surface area (Å²) in [5, 5.41) is 7.45. The molecule has 0 fully saturated rings. The highest BCUT2D eigenvalue weighted by Gasteiger charge is 2.39. The van der Waals surface area contributed by atoms with E-state index < -0.39 is 0 Å². The number of anilines is 6. The molecule has 0 bridgehead atoms. The SMILES string of the molecule is CC1(C)c2ccccc2-c2ccc(N(c3ccc(F)cc3)c3ccc4c(c3)c3ccccc3n4-c3ccccc3)cc21.CC1(C)c2ccccc2-c2ccc(N(c3ccccc3)c3ccc4c(c3)c3ccccc3n4-c3ccccc3)cc21.Cc1ccc(C(c2ccc3c(c2)C(C)(C)c2ccccc2-3)c2ccc3c(c2)c2ccccc2n3-c2ccccc2)cc1. The first-order chi connectivity index (χ1) is 61.1. The minimum atomic E-state index is -0.245. The Balaban J connectivity index is 0.000000111. The van der Waals surface area contributed by atoms with Crippen molar-refractivity contribution >= 4 is 99.5 Å². The van der Waals surface area contributed by atoms with Crippen LogP contribution in [0.1, 0.15) is 103 Å². The number of para-hydroxylation sites is 7. The van der Waals surface area contributed by atoms with Crippen molar-refractivity contribution in [3.05, 3.63) is 486 Å². The van der Waals surface area contributed by atoms with Crippen molar-refractivity contribution in [1.82, 2.24) is 13.7 Å². The summed E-state index contributed by atoms with van der Waals surface area (Å²) in [7, 11) is 0. The summed E-state index contributed by atoms with van der Waals surface area (Å²) in [4.78, 5) is 4.64. The summed E-state index contributed by atoms with van der Waals surface area (Å²) >= 11 is 0. The Morgan fingerprint density at radius 1 is 0.216 bits per heavy atom. The molecule has 0 N–H and O–H groups in total. The molecule has 0 radical (unpaired) electrons. The lowest BCUT2D eigenvalue weighted by atomic mass is 9.79. The molecular formula is C119H92FN5. The third kappa shape index (κ3) is 12.7. The Labute approximate surface area is 729 Å². The van der Waals surface area contributed by atoms with Crippen molar-refractivity contribution < 1.29 is 4.39 Å². The second kappa shape index (κ2) is 30.2. The molecule has 0 amide bonds. The van der Waals surface area contributed by atoms with E-state index in [0.717, 1.165) is 39.6 Å². The lowest BCUT2D eigenvalue weighted by Crippen LogP contribution is -2.16. The van der Waals surface area contributed by atoms with Gasteiger partial charge in [0.05, 0.1) is 33.1 Å². The van der Waals surface area contributed by atoms with Gasteiger partial charge in [0.2, 0.25) is 0 Å². The van der Waals surface area contributed by atoms with E-state index in [1.54, 1.807) is 0 Å². The summed E-state index contributed by atoms with van der Waals surface area (Å²) in [5.74, 6) is -0.121. The summed E-state index contributed by atoms with van der Waals surface area (Å²) in [6.45, 7) is 16.2. The molecule has 1 atom stereocenters. The molecule has 0 saturated heterocycles. The van der Waals surface area contributed by atoms with Gasteiger partial charge in [-0.05, 0) is 254 Å². The molecule has 3 aromatic heterocycles. The van der Waals surface area contributed by atoms with Gasteiger partial charge in [-0.15, -0.1) is 0 Å². The van der Waals surface area contributed by atoms with Crippen LogP contribution in [0.2, 0.25) is 0 Å². The molecule has 21 aromatic rings. The maximum Gasteiger partial charge on any atom is 0.123 e. The van der Waals surface area contributed by atoms with Gasteiger partial charge in [-0.3, -0.25) is 0 Å². The number of fused-ring (bicyclic) bond motifs is 18. The summed E-state index contributed by atoms with van der Waals surface area (Å²) < 4.78 is 21.2. The number of aromatic nitrogens is 3. The zero-order valence-electron chi connectivity index (χ0n) is 71.1. The Morgan fingerprint density at radius 2 is 0.496 bits per heavy atom. The molecule has 6 heteroatoms. The topological polar surface area (TPSA) is 21.3 Å². The monoisotopic (exact) mass is 1610 g/mol. The first kappa shape index (κ1) is 76.1. The van der Waals surface area contributed by atoms with Gasteiger partial charge >= 0.3 is 0 Å². The van der Waals surface area contributed by atoms with E-state index >= 15 is 0 Å². The second-order valence-electron chi connectivity index (χ2n) is 35.3. The van der Waals surface area contributed by atoms with Crippen molar-refractivity contribution in [2.24, 2.45) is 0 Å². The molecule has 600 valence electrons. The average molecular weight is 1610 g/mol. The fourth-order valence-electron chi connectivity index (χ4n) is 20.9. The van der Waals surface area contributed by atoms with Crippen molar-refractivity contribution in [2.75, 3.05) is 9.80 Å². The van der Waals surface area contributed by atoms with Gasteiger partial charge in [-0.1, -0.05) is 308 Å². The highest BCUT2D eigenvalue weighted by Crippen LogP contribution is 2.55. The van der Waals surface area contributed by atoms with Gasteiger partial charge in [0, 0.05) is 106 Å². The third-order valence-electron chi connectivity index (χ3n) is 27.0. The number of hydrogen-bond acceptors (Lipinski definition) is 2. The van der Waals surface area contributed by atoms with Crippen LogP contribution in [0.15, 0.2) is 425 Å². The van der Waals surface area contributed by atoms with Crippen LogP contribution in [0.25, 0.3) is 116 Å². The fourth-order valence-corrected chi connectivity index (χ4v) is 20.9. The smallest absolute Gasteiger partial charge is 0.123 e. The van der Waals surface area contributed by atoms with Gasteiger partial charge in [0.1, 0.15) is 5.82 Å². The first-order valence-corrected chi connectivity index (χ1v) is 43.6. The van der Waals surface area contributed by atoms with E-state index in [1.165, 1.54) is 178 Å². The van der Waals surface area contributed by atoms with E-state index in [-0.39, 0.29) is 28.0 Å². The molecule has 3 aliphatic rings. The van der Waals surface area contributed by atoms with Gasteiger partial charge < -0.3 is 23.5 Å². The molecule has 0 aliphatic heterocycles. The van der Waals surface area contributed by atoms with Crippen LogP contribution in [-0.2, 0) is 16.2 Å². The van der Waals surface area contributed by atoms with Crippen molar-refractivity contribution in [3.8, 4) is 50.4 Å². The molecule has 1 unspecified atom stereocenters. The summed E-state index contributed by atoms with van der Waals surface area (Å²) in [5.41, 5.74) is 38.4. The Bertz CT molecular complexity index is 7450. The van der Waals surface area contributed by atoms with Gasteiger partial charge in [0.25, 0.3) is 0 Å². The fraction of sp³-hybridized carbons (Fsp3) is 0.0924. The van der Waals surface area contributed by atoms with Crippen molar-refractivity contribution in [1.29, 1.82) is 0 Å². The van der Waals surface area contributed by atoms with E-state index in [1.807, 2.05) is 18.2 Å². The number of hydrogen-bond donors (Lipinski definition) is 0.